The van der Waals surface area contributed by atoms with Crippen LogP contribution in [0.4, 0.5) is 0 Å². The molecular formula is C24H25N3OS. The first-order valence-corrected chi connectivity index (χ1v) is 11.1. The lowest BCUT2D eigenvalue weighted by Gasteiger charge is -2.33. The van der Waals surface area contributed by atoms with Gasteiger partial charge < -0.3 is 0 Å². The van der Waals surface area contributed by atoms with Crippen LogP contribution in [0.2, 0.25) is 0 Å². The number of fused-ring (bicyclic) bond motifs is 4. The fourth-order valence-electron chi connectivity index (χ4n) is 4.56. The summed E-state index contributed by atoms with van der Waals surface area (Å²) in [6.07, 6.45) is 3.14. The molecule has 4 nitrogen and oxygen atoms in total. The van der Waals surface area contributed by atoms with Gasteiger partial charge in [0.05, 0.1) is 11.9 Å². The van der Waals surface area contributed by atoms with Crippen molar-refractivity contribution in [2.75, 3.05) is 0 Å². The van der Waals surface area contributed by atoms with Crippen molar-refractivity contribution in [3.05, 3.63) is 68.8 Å². The average Bonchev–Trinajstić information content (AvgIpc) is 3.08. The Kier molecular flexibility index (Phi) is 4.32. The molecule has 0 fully saturated rings. The van der Waals surface area contributed by atoms with Gasteiger partial charge in [-0.3, -0.25) is 4.79 Å². The number of aryl methyl sites for hydroxylation is 1. The zero-order chi connectivity index (χ0) is 20.2. The molecule has 0 aliphatic heterocycles. The summed E-state index contributed by atoms with van der Waals surface area (Å²) in [6, 6.07) is 14.5. The van der Waals surface area contributed by atoms with Gasteiger partial charge in [-0.1, -0.05) is 68.4 Å². The molecule has 0 bridgehead atoms. The van der Waals surface area contributed by atoms with E-state index in [9.17, 15) is 4.79 Å². The van der Waals surface area contributed by atoms with Gasteiger partial charge in [-0.2, -0.15) is 0 Å². The van der Waals surface area contributed by atoms with Crippen LogP contribution >= 0.6 is 11.3 Å². The fourth-order valence-corrected chi connectivity index (χ4v) is 5.80. The summed E-state index contributed by atoms with van der Waals surface area (Å²) in [7, 11) is 0. The highest BCUT2D eigenvalue weighted by Crippen LogP contribution is 2.41. The van der Waals surface area contributed by atoms with Crippen molar-refractivity contribution < 1.29 is 0 Å². The quantitative estimate of drug-likeness (QED) is 0.462. The molecule has 0 saturated carbocycles. The third-order valence-electron chi connectivity index (χ3n) is 6.36. The van der Waals surface area contributed by atoms with Crippen molar-refractivity contribution in [1.29, 1.82) is 0 Å². The lowest BCUT2D eigenvalue weighted by atomic mass is 9.72. The molecule has 1 aliphatic rings. The highest BCUT2D eigenvalue weighted by molar-refractivity contribution is 7.18. The molecular weight excluding hydrogens is 378 g/mol. The highest BCUT2D eigenvalue weighted by atomic mass is 32.1. The maximum Gasteiger partial charge on any atom is 0.279 e. The average molecular weight is 404 g/mol. The monoisotopic (exact) mass is 403 g/mol. The molecule has 5 rings (SSSR count). The largest absolute Gasteiger partial charge is 0.279 e. The molecule has 2 aromatic heterocycles. The molecule has 29 heavy (non-hydrogen) atoms. The van der Waals surface area contributed by atoms with Crippen LogP contribution in [0.25, 0.3) is 21.0 Å². The van der Waals surface area contributed by atoms with E-state index in [1.54, 1.807) is 11.3 Å². The van der Waals surface area contributed by atoms with Crippen molar-refractivity contribution in [1.82, 2.24) is 15.0 Å². The Bertz CT molecular complexity index is 1270. The zero-order valence-corrected chi connectivity index (χ0v) is 17.9. The maximum absolute atomic E-state index is 13.3. The molecule has 4 aromatic rings. The minimum atomic E-state index is -0.00496. The Labute approximate surface area is 174 Å². The molecule has 0 unspecified atom stereocenters. The lowest BCUT2D eigenvalue weighted by Crippen LogP contribution is -2.28. The van der Waals surface area contributed by atoms with E-state index in [2.05, 4.69) is 55.3 Å². The SMILES string of the molecule is CC(C)(C)[C@H]1CCc2c(sc3nnn(Cc4cccc5ccccc45)c(=O)c23)C1. The van der Waals surface area contributed by atoms with Crippen molar-refractivity contribution >= 4 is 32.3 Å². The van der Waals surface area contributed by atoms with E-state index in [4.69, 9.17) is 0 Å². The van der Waals surface area contributed by atoms with Gasteiger partial charge in [0.15, 0.2) is 4.83 Å². The van der Waals surface area contributed by atoms with E-state index in [1.165, 1.54) is 20.5 Å². The van der Waals surface area contributed by atoms with E-state index in [0.717, 1.165) is 40.4 Å². The molecule has 0 N–H and O–H groups in total. The van der Waals surface area contributed by atoms with Crippen LogP contribution < -0.4 is 5.56 Å². The molecule has 2 aromatic carbocycles. The van der Waals surface area contributed by atoms with E-state index in [0.29, 0.717) is 12.5 Å². The smallest absolute Gasteiger partial charge is 0.267 e. The first kappa shape index (κ1) is 18.5. The van der Waals surface area contributed by atoms with Crippen LogP contribution in [0.3, 0.4) is 0 Å². The summed E-state index contributed by atoms with van der Waals surface area (Å²) >= 11 is 1.66. The Morgan fingerprint density at radius 3 is 2.76 bits per heavy atom. The van der Waals surface area contributed by atoms with Crippen LogP contribution in [0.5, 0.6) is 0 Å². The van der Waals surface area contributed by atoms with Crippen molar-refractivity contribution in [3.63, 3.8) is 0 Å². The minimum Gasteiger partial charge on any atom is -0.267 e. The normalized spacial score (nSPS) is 17.0. The summed E-state index contributed by atoms with van der Waals surface area (Å²) in [5.74, 6) is 0.647. The van der Waals surface area contributed by atoms with Crippen LogP contribution in [-0.4, -0.2) is 15.0 Å². The molecule has 0 radical (unpaired) electrons. The van der Waals surface area contributed by atoms with E-state index >= 15 is 0 Å². The first-order chi connectivity index (χ1) is 13.9. The van der Waals surface area contributed by atoms with E-state index in [-0.39, 0.29) is 11.0 Å². The number of rotatable bonds is 2. The maximum atomic E-state index is 13.3. The first-order valence-electron chi connectivity index (χ1n) is 10.3. The number of nitrogens with zero attached hydrogens (tertiary/aromatic N) is 3. The van der Waals surface area contributed by atoms with Crippen LogP contribution in [-0.2, 0) is 19.4 Å². The van der Waals surface area contributed by atoms with Gasteiger partial charge in [0.1, 0.15) is 0 Å². The second-order valence-electron chi connectivity index (χ2n) is 9.18. The number of thiophene rings is 1. The van der Waals surface area contributed by atoms with Crippen molar-refractivity contribution in [2.45, 2.75) is 46.6 Å². The molecule has 0 saturated heterocycles. The molecule has 0 spiro atoms. The van der Waals surface area contributed by atoms with Gasteiger partial charge >= 0.3 is 0 Å². The summed E-state index contributed by atoms with van der Waals surface area (Å²) in [5.41, 5.74) is 2.59. The third kappa shape index (κ3) is 3.18. The zero-order valence-electron chi connectivity index (χ0n) is 17.1. The van der Waals surface area contributed by atoms with Gasteiger partial charge in [-0.05, 0) is 52.5 Å². The van der Waals surface area contributed by atoms with Crippen molar-refractivity contribution in [2.24, 2.45) is 11.3 Å². The molecule has 2 heterocycles. The fraction of sp³-hybridized carbons (Fsp3) is 0.375. The van der Waals surface area contributed by atoms with Gasteiger partial charge in [-0.15, -0.1) is 16.4 Å². The van der Waals surface area contributed by atoms with Crippen LogP contribution in [0.15, 0.2) is 47.3 Å². The van der Waals surface area contributed by atoms with Gasteiger partial charge in [-0.25, -0.2) is 4.68 Å². The Balaban J connectivity index is 1.57. The number of benzene rings is 2. The Hall–Kier alpha value is -2.53. The molecule has 148 valence electrons. The van der Waals surface area contributed by atoms with Crippen LogP contribution in [0.1, 0.15) is 43.2 Å². The topological polar surface area (TPSA) is 47.8 Å². The minimum absolute atomic E-state index is 0.00496. The summed E-state index contributed by atoms with van der Waals surface area (Å²) < 4.78 is 1.53. The van der Waals surface area contributed by atoms with Gasteiger partial charge in [0, 0.05) is 4.88 Å². The molecule has 0 amide bonds. The standard InChI is InChI=1S/C24H25N3OS/c1-24(2,3)17-11-12-19-20(13-17)29-22-21(19)23(28)27(26-25-22)14-16-9-6-8-15-7-4-5-10-18(15)16/h4-10,17H,11-14H2,1-3H3/t17-/m0/s1. The number of hydrogen-bond acceptors (Lipinski definition) is 4. The number of hydrogen-bond donors (Lipinski definition) is 0. The summed E-state index contributed by atoms with van der Waals surface area (Å²) in [5, 5.41) is 11.9. The van der Waals surface area contributed by atoms with E-state index < -0.39 is 0 Å². The Morgan fingerprint density at radius 1 is 1.14 bits per heavy atom. The lowest BCUT2D eigenvalue weighted by molar-refractivity contribution is 0.218. The van der Waals surface area contributed by atoms with Gasteiger partial charge in [0.2, 0.25) is 0 Å². The van der Waals surface area contributed by atoms with Gasteiger partial charge in [0.25, 0.3) is 5.56 Å². The predicted molar refractivity (Wildman–Crippen MR) is 120 cm³/mol. The van der Waals surface area contributed by atoms with Crippen LogP contribution in [0, 0.1) is 11.3 Å². The predicted octanol–water partition coefficient (Wildman–Crippen LogP) is 5.21. The Morgan fingerprint density at radius 2 is 1.93 bits per heavy atom. The second kappa shape index (κ2) is 6.77. The molecule has 1 aliphatic carbocycles. The number of aromatic nitrogens is 3. The second-order valence-corrected chi connectivity index (χ2v) is 10.3. The summed E-state index contributed by atoms with van der Waals surface area (Å²) in [6.45, 7) is 7.38. The third-order valence-corrected chi connectivity index (χ3v) is 7.50. The highest BCUT2D eigenvalue weighted by Gasteiger charge is 2.31. The van der Waals surface area contributed by atoms with Crippen molar-refractivity contribution in [3.8, 4) is 0 Å². The van der Waals surface area contributed by atoms with E-state index in [1.807, 2.05) is 18.2 Å². The molecule has 5 heteroatoms. The summed E-state index contributed by atoms with van der Waals surface area (Å²) in [4.78, 5) is 15.5. The molecule has 1 atom stereocenters.